The quantitative estimate of drug-likeness (QED) is 0.555. The van der Waals surface area contributed by atoms with Crippen LogP contribution in [0.15, 0.2) is 42.1 Å². The first-order valence-corrected chi connectivity index (χ1v) is 8.50. The highest BCUT2D eigenvalue weighted by atomic mass is 16.6. The normalized spacial score (nSPS) is 15.0. The van der Waals surface area contributed by atoms with Crippen molar-refractivity contribution in [3.8, 4) is 11.8 Å². The van der Waals surface area contributed by atoms with Gasteiger partial charge in [-0.2, -0.15) is 0 Å². The van der Waals surface area contributed by atoms with Gasteiger partial charge in [-0.25, -0.2) is 9.59 Å². The van der Waals surface area contributed by atoms with Gasteiger partial charge in [0.15, 0.2) is 0 Å². The third-order valence-corrected chi connectivity index (χ3v) is 3.72. The van der Waals surface area contributed by atoms with Gasteiger partial charge in [-0.1, -0.05) is 48.2 Å². The zero-order chi connectivity index (χ0) is 19.5. The second-order valence-electron chi connectivity index (χ2n) is 5.79. The predicted octanol–water partition coefficient (Wildman–Crippen LogP) is 2.02. The fraction of sp³-hybridized carbons (Fsp3) is 0.350. The number of ether oxygens (including phenoxy) is 2. The third-order valence-electron chi connectivity index (χ3n) is 3.72. The lowest BCUT2D eigenvalue weighted by molar-refractivity contribution is -0.141. The van der Waals surface area contributed by atoms with Crippen LogP contribution in [-0.4, -0.2) is 54.2 Å². The van der Waals surface area contributed by atoms with Crippen molar-refractivity contribution in [1.29, 1.82) is 0 Å². The predicted molar refractivity (Wildman–Crippen MR) is 96.8 cm³/mol. The summed E-state index contributed by atoms with van der Waals surface area (Å²) in [6.45, 7) is -0.101. The Morgan fingerprint density at radius 1 is 1.26 bits per heavy atom. The Kier molecular flexibility index (Phi) is 8.07. The number of allylic oxidation sites excluding steroid dienone is 1. The Hall–Kier alpha value is -3.11. The summed E-state index contributed by atoms with van der Waals surface area (Å²) in [5, 5.41) is 8.46. The number of nitrogens with zero attached hydrogens (tertiary/aromatic N) is 1. The fourth-order valence-corrected chi connectivity index (χ4v) is 2.45. The Morgan fingerprint density at radius 3 is 2.78 bits per heavy atom. The van der Waals surface area contributed by atoms with Crippen LogP contribution < -0.4 is 0 Å². The molecule has 0 atom stereocenters. The maximum absolute atomic E-state index is 12.2. The zero-order valence-electron chi connectivity index (χ0n) is 14.8. The Morgan fingerprint density at radius 2 is 2.04 bits per heavy atom. The summed E-state index contributed by atoms with van der Waals surface area (Å²) >= 11 is 0. The van der Waals surface area contributed by atoms with Gasteiger partial charge >= 0.3 is 12.1 Å². The van der Waals surface area contributed by atoms with Crippen LogP contribution in [0.4, 0.5) is 4.79 Å². The summed E-state index contributed by atoms with van der Waals surface area (Å²) in [5.74, 6) is 4.38. The topological polar surface area (TPSA) is 93.1 Å². The summed E-state index contributed by atoms with van der Waals surface area (Å²) in [6, 6.07) is 9.47. The van der Waals surface area contributed by atoms with Gasteiger partial charge in [0.1, 0.15) is 19.0 Å². The van der Waals surface area contributed by atoms with Crippen molar-refractivity contribution in [1.82, 2.24) is 4.90 Å². The van der Waals surface area contributed by atoms with E-state index in [0.717, 1.165) is 5.56 Å². The number of carbonyl (C=O) groups excluding carboxylic acids is 2. The lowest BCUT2D eigenvalue weighted by Crippen LogP contribution is -2.36. The molecule has 1 fully saturated rings. The molecule has 0 radical (unpaired) electrons. The van der Waals surface area contributed by atoms with E-state index in [0.29, 0.717) is 18.5 Å². The molecule has 0 unspecified atom stereocenters. The molecule has 7 heteroatoms. The number of ketones is 1. The van der Waals surface area contributed by atoms with Crippen molar-refractivity contribution in [2.24, 2.45) is 0 Å². The average Bonchev–Trinajstić information content (AvgIpc) is 2.65. The fourth-order valence-electron chi connectivity index (χ4n) is 2.45. The number of hydrogen-bond acceptors (Lipinski definition) is 5. The van der Waals surface area contributed by atoms with Crippen molar-refractivity contribution in [2.45, 2.75) is 19.3 Å². The molecule has 1 aliphatic rings. The molecule has 1 N–H and O–H groups in total. The molecule has 1 amide bonds. The molecule has 7 nitrogen and oxygen atoms in total. The van der Waals surface area contributed by atoms with Crippen molar-refractivity contribution in [3.63, 3.8) is 0 Å². The van der Waals surface area contributed by atoms with E-state index in [2.05, 4.69) is 11.8 Å². The highest BCUT2D eigenvalue weighted by Crippen LogP contribution is 2.17. The van der Waals surface area contributed by atoms with Gasteiger partial charge in [-0.05, 0) is 5.56 Å². The summed E-state index contributed by atoms with van der Waals surface area (Å²) in [4.78, 5) is 35.8. The maximum atomic E-state index is 12.2. The van der Waals surface area contributed by atoms with Crippen LogP contribution in [0.2, 0.25) is 0 Å². The molecule has 0 aromatic heterocycles. The molecule has 1 saturated heterocycles. The number of aliphatic carboxylic acids is 1. The van der Waals surface area contributed by atoms with E-state index in [9.17, 15) is 14.4 Å². The summed E-state index contributed by atoms with van der Waals surface area (Å²) < 4.78 is 9.82. The summed E-state index contributed by atoms with van der Waals surface area (Å²) in [6.07, 6.45) is 2.32. The Balaban J connectivity index is 1.89. The highest BCUT2D eigenvalue weighted by Gasteiger charge is 2.23. The van der Waals surface area contributed by atoms with E-state index in [1.807, 2.05) is 30.3 Å². The van der Waals surface area contributed by atoms with E-state index in [-0.39, 0.29) is 32.0 Å². The second-order valence-corrected chi connectivity index (χ2v) is 5.79. The van der Waals surface area contributed by atoms with Gasteiger partial charge in [0, 0.05) is 25.0 Å². The van der Waals surface area contributed by atoms with Crippen molar-refractivity contribution in [2.75, 3.05) is 26.4 Å². The minimum atomic E-state index is -1.07. The molecule has 1 aliphatic heterocycles. The molecular formula is C20H21NO6. The Bertz CT molecular complexity index is 760. The number of carboxylic acids is 1. The van der Waals surface area contributed by atoms with Crippen molar-refractivity contribution >= 4 is 17.8 Å². The summed E-state index contributed by atoms with van der Waals surface area (Å²) in [5.41, 5.74) is 1.65. The van der Waals surface area contributed by atoms with Crippen LogP contribution in [0, 0.1) is 11.8 Å². The number of amides is 1. The van der Waals surface area contributed by atoms with Gasteiger partial charge < -0.3 is 14.6 Å². The number of benzene rings is 1. The van der Waals surface area contributed by atoms with Gasteiger partial charge in [-0.15, -0.1) is 0 Å². The first kappa shape index (κ1) is 20.2. The lowest BCUT2D eigenvalue weighted by Gasteiger charge is -2.27. The molecule has 142 valence electrons. The van der Waals surface area contributed by atoms with Gasteiger partial charge in [0.25, 0.3) is 0 Å². The van der Waals surface area contributed by atoms with Crippen molar-refractivity contribution in [3.05, 3.63) is 47.7 Å². The second kappa shape index (κ2) is 10.8. The van der Waals surface area contributed by atoms with E-state index >= 15 is 0 Å². The highest BCUT2D eigenvalue weighted by molar-refractivity contribution is 5.82. The lowest BCUT2D eigenvalue weighted by atomic mass is 10.1. The van der Waals surface area contributed by atoms with Gasteiger partial charge in [0.2, 0.25) is 0 Å². The van der Waals surface area contributed by atoms with E-state index in [4.69, 9.17) is 14.6 Å². The molecule has 0 spiro atoms. The van der Waals surface area contributed by atoms with E-state index in [1.165, 1.54) is 4.90 Å². The standard InChI is InChI=1S/C20H21NO6/c22-18(14-16-6-2-1-3-7-16)9-8-17-10-13-27-20(25)21(17)11-4-5-12-26-15-19(23)24/h1-3,6-8H,9-15H2,(H,23,24). The van der Waals surface area contributed by atoms with Crippen molar-refractivity contribution < 1.29 is 29.0 Å². The molecular weight excluding hydrogens is 350 g/mol. The molecule has 0 aliphatic carbocycles. The first-order chi connectivity index (χ1) is 13.1. The van der Waals surface area contributed by atoms with Crippen LogP contribution >= 0.6 is 0 Å². The van der Waals surface area contributed by atoms with Gasteiger partial charge in [0.05, 0.1) is 13.2 Å². The Labute approximate surface area is 157 Å². The minimum Gasteiger partial charge on any atom is -0.480 e. The van der Waals surface area contributed by atoms with Crippen LogP contribution in [0.25, 0.3) is 0 Å². The van der Waals surface area contributed by atoms with Crippen LogP contribution in [-0.2, 0) is 25.5 Å². The number of cyclic esters (lactones) is 1. The number of rotatable bonds is 8. The number of Topliss-reactive ketones (excluding diaryl/α,β-unsaturated/α-hetero) is 1. The van der Waals surface area contributed by atoms with E-state index < -0.39 is 18.7 Å². The van der Waals surface area contributed by atoms with Gasteiger partial charge in [-0.3, -0.25) is 9.69 Å². The SMILES string of the molecule is O=C(O)COCC#CCN1C(=O)OCCC1=CCC(=O)Cc1ccccc1. The van der Waals surface area contributed by atoms with Crippen LogP contribution in [0.3, 0.4) is 0 Å². The molecule has 27 heavy (non-hydrogen) atoms. The third kappa shape index (κ3) is 7.34. The average molecular weight is 371 g/mol. The minimum absolute atomic E-state index is 0.0379. The smallest absolute Gasteiger partial charge is 0.414 e. The first-order valence-electron chi connectivity index (χ1n) is 8.50. The molecule has 0 saturated carbocycles. The molecule has 0 bridgehead atoms. The number of carboxylic acid groups (broad SMARTS) is 1. The monoisotopic (exact) mass is 371 g/mol. The number of hydrogen-bond donors (Lipinski definition) is 1. The van der Waals surface area contributed by atoms with Crippen LogP contribution in [0.5, 0.6) is 0 Å². The molecule has 1 heterocycles. The van der Waals surface area contributed by atoms with Crippen LogP contribution in [0.1, 0.15) is 18.4 Å². The summed E-state index contributed by atoms with van der Waals surface area (Å²) in [7, 11) is 0. The van der Waals surface area contributed by atoms with E-state index in [1.54, 1.807) is 6.08 Å². The maximum Gasteiger partial charge on any atom is 0.414 e. The molecule has 1 aromatic carbocycles. The largest absolute Gasteiger partial charge is 0.480 e. The number of carbonyl (C=O) groups is 3. The molecule has 1 aromatic rings. The molecule has 2 rings (SSSR count). The zero-order valence-corrected chi connectivity index (χ0v) is 14.8.